The molecule has 0 saturated carbocycles. The van der Waals surface area contributed by atoms with Gasteiger partial charge in [0.05, 0.1) is 12.8 Å². The van der Waals surface area contributed by atoms with Gasteiger partial charge in [-0.2, -0.15) is 0 Å². The Morgan fingerprint density at radius 3 is 2.86 bits per heavy atom. The molecule has 0 radical (unpaired) electrons. The molecule has 0 N–H and O–H groups in total. The molecule has 0 fully saturated rings. The molecule has 2 aromatic heterocycles. The number of hydrogen-bond donors (Lipinski definition) is 0. The first kappa shape index (κ1) is 14.0. The summed E-state index contributed by atoms with van der Waals surface area (Å²) < 4.78 is 12.0. The molecular weight excluding hydrogens is 282 g/mol. The Hall–Kier alpha value is -1.91. The van der Waals surface area contributed by atoms with Crippen molar-refractivity contribution in [3.05, 3.63) is 47.6 Å². The van der Waals surface area contributed by atoms with Gasteiger partial charge in [-0.3, -0.25) is 4.98 Å². The van der Waals surface area contributed by atoms with Gasteiger partial charge in [0.1, 0.15) is 12.4 Å². The highest BCUT2D eigenvalue weighted by molar-refractivity contribution is 7.17. The maximum atomic E-state index is 5.67. The van der Waals surface area contributed by atoms with Crippen molar-refractivity contribution in [2.75, 3.05) is 20.3 Å². The smallest absolute Gasteiger partial charge is 0.138 e. The third-order valence-corrected chi connectivity index (χ3v) is 4.35. The Morgan fingerprint density at radius 1 is 1.14 bits per heavy atom. The zero-order chi connectivity index (χ0) is 14.7. The number of aromatic nitrogens is 1. The van der Waals surface area contributed by atoms with E-state index in [4.69, 9.17) is 9.47 Å². The topological polar surface area (TPSA) is 31.4 Å². The lowest BCUT2D eigenvalue weighted by molar-refractivity contribution is 0.146. The summed E-state index contributed by atoms with van der Waals surface area (Å²) >= 11 is 1.76. The minimum Gasteiger partial charge on any atom is -0.490 e. The van der Waals surface area contributed by atoms with Crippen LogP contribution in [0.3, 0.4) is 0 Å². The number of hydrogen-bond acceptors (Lipinski definition) is 4. The van der Waals surface area contributed by atoms with Crippen LogP contribution >= 0.6 is 11.3 Å². The van der Waals surface area contributed by atoms with Crippen molar-refractivity contribution in [3.63, 3.8) is 0 Å². The molecule has 4 heteroatoms. The molecule has 21 heavy (non-hydrogen) atoms. The molecule has 3 rings (SSSR count). The van der Waals surface area contributed by atoms with E-state index in [9.17, 15) is 0 Å². The van der Waals surface area contributed by atoms with E-state index < -0.39 is 0 Å². The van der Waals surface area contributed by atoms with E-state index in [1.54, 1.807) is 24.6 Å². The van der Waals surface area contributed by atoms with Crippen molar-refractivity contribution in [2.45, 2.75) is 6.92 Å². The predicted octanol–water partition coefficient (Wildman–Crippen LogP) is 4.30. The van der Waals surface area contributed by atoms with Crippen LogP contribution < -0.4 is 4.74 Å². The third kappa shape index (κ3) is 2.91. The fourth-order valence-electron chi connectivity index (χ4n) is 2.29. The number of methoxy groups -OCH3 is 1. The summed E-state index contributed by atoms with van der Waals surface area (Å²) in [5.74, 6) is 0.780. The van der Waals surface area contributed by atoms with Crippen molar-refractivity contribution in [3.8, 4) is 16.9 Å². The van der Waals surface area contributed by atoms with E-state index in [0.717, 1.165) is 17.0 Å². The van der Waals surface area contributed by atoms with Crippen LogP contribution in [0.5, 0.6) is 5.75 Å². The van der Waals surface area contributed by atoms with Crippen LogP contribution in [-0.2, 0) is 4.74 Å². The number of thiophene rings is 1. The fourth-order valence-corrected chi connectivity index (χ4v) is 3.26. The lowest BCUT2D eigenvalue weighted by atomic mass is 10.0. The van der Waals surface area contributed by atoms with E-state index in [0.29, 0.717) is 13.2 Å². The highest BCUT2D eigenvalue weighted by atomic mass is 32.1. The normalized spacial score (nSPS) is 11.0. The molecule has 0 amide bonds. The van der Waals surface area contributed by atoms with Gasteiger partial charge in [0, 0.05) is 34.0 Å². The summed E-state index contributed by atoms with van der Waals surface area (Å²) in [6.45, 7) is 3.14. The van der Waals surface area contributed by atoms with Gasteiger partial charge in [-0.05, 0) is 24.4 Å². The van der Waals surface area contributed by atoms with Crippen LogP contribution in [0, 0.1) is 6.92 Å². The van der Waals surface area contributed by atoms with Gasteiger partial charge < -0.3 is 9.47 Å². The maximum absolute atomic E-state index is 5.67. The highest BCUT2D eigenvalue weighted by Crippen LogP contribution is 2.36. The van der Waals surface area contributed by atoms with E-state index in [-0.39, 0.29) is 0 Å². The highest BCUT2D eigenvalue weighted by Gasteiger charge is 2.10. The maximum Gasteiger partial charge on any atom is 0.138 e. The summed E-state index contributed by atoms with van der Waals surface area (Å²) in [5.41, 5.74) is 3.36. The average Bonchev–Trinajstić information content (AvgIpc) is 2.93. The molecule has 1 aromatic carbocycles. The minimum absolute atomic E-state index is 0.533. The van der Waals surface area contributed by atoms with E-state index in [1.807, 2.05) is 6.92 Å². The average molecular weight is 299 g/mol. The minimum atomic E-state index is 0.533. The zero-order valence-corrected chi connectivity index (χ0v) is 12.9. The Bertz CT molecular complexity index is 751. The SMILES string of the molecule is COCCOc1cnc(C)c(-c2csc3ccccc23)c1. The number of rotatable bonds is 5. The van der Waals surface area contributed by atoms with Gasteiger partial charge in [-0.1, -0.05) is 18.2 Å². The van der Waals surface area contributed by atoms with Gasteiger partial charge in [-0.25, -0.2) is 0 Å². The Kier molecular flexibility index (Phi) is 4.18. The molecule has 0 aliphatic heterocycles. The van der Waals surface area contributed by atoms with Gasteiger partial charge >= 0.3 is 0 Å². The summed E-state index contributed by atoms with van der Waals surface area (Å²) in [4.78, 5) is 4.46. The Labute approximate surface area is 128 Å². The number of pyridine rings is 1. The van der Waals surface area contributed by atoms with Crippen LogP contribution in [0.15, 0.2) is 41.9 Å². The van der Waals surface area contributed by atoms with Crippen LogP contribution in [0.4, 0.5) is 0 Å². The van der Waals surface area contributed by atoms with Crippen molar-refractivity contribution in [1.29, 1.82) is 0 Å². The molecule has 0 unspecified atom stereocenters. The van der Waals surface area contributed by atoms with Crippen molar-refractivity contribution < 1.29 is 9.47 Å². The van der Waals surface area contributed by atoms with E-state index in [1.165, 1.54) is 15.6 Å². The first-order chi connectivity index (χ1) is 10.3. The van der Waals surface area contributed by atoms with Crippen LogP contribution in [0.1, 0.15) is 5.69 Å². The summed E-state index contributed by atoms with van der Waals surface area (Å²) in [6, 6.07) is 10.5. The first-order valence-corrected chi connectivity index (χ1v) is 7.72. The van der Waals surface area contributed by atoms with Gasteiger partial charge in [0.15, 0.2) is 0 Å². The Morgan fingerprint density at radius 2 is 2.00 bits per heavy atom. The van der Waals surface area contributed by atoms with Crippen molar-refractivity contribution >= 4 is 21.4 Å². The molecule has 3 nitrogen and oxygen atoms in total. The molecule has 3 aromatic rings. The lowest BCUT2D eigenvalue weighted by Gasteiger charge is -2.09. The predicted molar refractivity (Wildman–Crippen MR) is 87.2 cm³/mol. The van der Waals surface area contributed by atoms with E-state index >= 15 is 0 Å². The Balaban J connectivity index is 1.99. The molecule has 2 heterocycles. The quantitative estimate of drug-likeness (QED) is 0.658. The summed E-state index contributed by atoms with van der Waals surface area (Å²) in [6.07, 6.45) is 1.77. The first-order valence-electron chi connectivity index (χ1n) is 6.84. The number of nitrogens with zero attached hydrogens (tertiary/aromatic N) is 1. The third-order valence-electron chi connectivity index (χ3n) is 3.39. The van der Waals surface area contributed by atoms with Gasteiger partial charge in [0.25, 0.3) is 0 Å². The molecule has 108 valence electrons. The van der Waals surface area contributed by atoms with Gasteiger partial charge in [-0.15, -0.1) is 11.3 Å². The molecule has 0 atom stereocenters. The second kappa shape index (κ2) is 6.24. The molecule has 0 bridgehead atoms. The second-order valence-electron chi connectivity index (χ2n) is 4.79. The molecule has 0 saturated heterocycles. The number of fused-ring (bicyclic) bond motifs is 1. The van der Waals surface area contributed by atoms with Crippen LogP contribution in [0.2, 0.25) is 0 Å². The monoisotopic (exact) mass is 299 g/mol. The number of benzene rings is 1. The number of ether oxygens (including phenoxy) is 2. The summed E-state index contributed by atoms with van der Waals surface area (Å²) in [7, 11) is 1.67. The molecule has 0 aliphatic rings. The fraction of sp³-hybridized carbons (Fsp3) is 0.235. The molecule has 0 spiro atoms. The van der Waals surface area contributed by atoms with Crippen LogP contribution in [-0.4, -0.2) is 25.3 Å². The molecule has 0 aliphatic carbocycles. The number of aryl methyl sites for hydroxylation is 1. The summed E-state index contributed by atoms with van der Waals surface area (Å²) in [5, 5.41) is 3.45. The van der Waals surface area contributed by atoms with Gasteiger partial charge in [0.2, 0.25) is 0 Å². The largest absolute Gasteiger partial charge is 0.490 e. The van der Waals surface area contributed by atoms with Crippen molar-refractivity contribution in [2.24, 2.45) is 0 Å². The standard InChI is InChI=1S/C17H17NO2S/c1-12-15(9-13(10-18-12)20-8-7-19-2)16-11-21-17-6-4-3-5-14(16)17/h3-6,9-11H,7-8H2,1-2H3. The van der Waals surface area contributed by atoms with Crippen molar-refractivity contribution in [1.82, 2.24) is 4.98 Å². The second-order valence-corrected chi connectivity index (χ2v) is 5.70. The lowest BCUT2D eigenvalue weighted by Crippen LogP contribution is -2.04. The molecular formula is C17H17NO2S. The van der Waals surface area contributed by atoms with Crippen LogP contribution in [0.25, 0.3) is 21.2 Å². The zero-order valence-electron chi connectivity index (χ0n) is 12.1. The van der Waals surface area contributed by atoms with E-state index in [2.05, 4.69) is 40.7 Å².